The lowest BCUT2D eigenvalue weighted by molar-refractivity contribution is 0.613. The average Bonchev–Trinajstić information content (AvgIpc) is 2.47. The Morgan fingerprint density at radius 2 is 2.25 bits per heavy atom. The number of nitrogens with zero attached hydrogens (tertiary/aromatic N) is 1. The molecular formula is C10H7NO. The molecule has 12 heavy (non-hydrogen) atoms. The molecular weight excluding hydrogens is 150 g/mol. The second-order valence-electron chi connectivity index (χ2n) is 2.74. The second kappa shape index (κ2) is 2.38. The second-order valence-corrected chi connectivity index (χ2v) is 2.74. The third-order valence-corrected chi connectivity index (χ3v) is 1.90. The van der Waals surface area contributed by atoms with E-state index in [1.165, 1.54) is 0 Å². The van der Waals surface area contributed by atoms with E-state index >= 15 is 0 Å². The number of hydrogen-bond acceptors (Lipinski definition) is 2. The summed E-state index contributed by atoms with van der Waals surface area (Å²) in [5.74, 6) is 0. The number of furan rings is 1. The molecule has 0 aliphatic carbocycles. The van der Waals surface area contributed by atoms with Gasteiger partial charge in [-0.3, -0.25) is 0 Å². The van der Waals surface area contributed by atoms with Crippen LogP contribution in [-0.4, -0.2) is 0 Å². The summed E-state index contributed by atoms with van der Waals surface area (Å²) in [6, 6.07) is 7.53. The van der Waals surface area contributed by atoms with E-state index in [9.17, 15) is 0 Å². The highest BCUT2D eigenvalue weighted by Gasteiger charge is 2.01. The molecule has 0 radical (unpaired) electrons. The molecule has 1 aromatic heterocycles. The van der Waals surface area contributed by atoms with E-state index in [0.717, 1.165) is 16.5 Å². The van der Waals surface area contributed by atoms with Gasteiger partial charge in [-0.05, 0) is 30.7 Å². The molecule has 2 aromatic rings. The Bertz CT molecular complexity index is 462. The fraction of sp³-hybridized carbons (Fsp3) is 0.100. The summed E-state index contributed by atoms with van der Waals surface area (Å²) in [5.41, 5.74) is 2.53. The molecule has 1 heterocycles. The number of nitriles is 1. The van der Waals surface area contributed by atoms with Crippen molar-refractivity contribution in [1.82, 2.24) is 0 Å². The lowest BCUT2D eigenvalue weighted by Crippen LogP contribution is -1.72. The molecule has 0 atom stereocenters. The van der Waals surface area contributed by atoms with Crippen LogP contribution in [0.5, 0.6) is 0 Å². The first kappa shape index (κ1) is 6.93. The first-order valence-corrected chi connectivity index (χ1v) is 3.69. The first-order chi connectivity index (χ1) is 5.81. The van der Waals surface area contributed by atoms with Gasteiger partial charge in [0.15, 0.2) is 0 Å². The van der Waals surface area contributed by atoms with E-state index in [4.69, 9.17) is 9.68 Å². The molecule has 1 aromatic carbocycles. The topological polar surface area (TPSA) is 36.9 Å². The van der Waals surface area contributed by atoms with Crippen LogP contribution in [0.1, 0.15) is 11.1 Å². The van der Waals surface area contributed by atoms with Gasteiger partial charge in [0, 0.05) is 5.39 Å². The Morgan fingerprint density at radius 1 is 1.42 bits per heavy atom. The van der Waals surface area contributed by atoms with E-state index < -0.39 is 0 Å². The molecule has 0 aliphatic heterocycles. The van der Waals surface area contributed by atoms with Crippen molar-refractivity contribution in [2.75, 3.05) is 0 Å². The number of rotatable bonds is 0. The van der Waals surface area contributed by atoms with Crippen molar-refractivity contribution in [3.8, 4) is 6.07 Å². The third kappa shape index (κ3) is 0.876. The summed E-state index contributed by atoms with van der Waals surface area (Å²) in [6.07, 6.45) is 1.70. The number of aryl methyl sites for hydroxylation is 1. The maximum atomic E-state index is 8.61. The van der Waals surface area contributed by atoms with Crippen molar-refractivity contribution < 1.29 is 4.42 Å². The lowest BCUT2D eigenvalue weighted by Gasteiger charge is -1.89. The van der Waals surface area contributed by atoms with Crippen LogP contribution < -0.4 is 0 Å². The lowest BCUT2D eigenvalue weighted by atomic mass is 10.1. The minimum atomic E-state index is 0.636. The Balaban J connectivity index is 2.80. The van der Waals surface area contributed by atoms with Crippen LogP contribution in [0, 0.1) is 18.3 Å². The zero-order valence-electron chi connectivity index (χ0n) is 6.66. The minimum Gasteiger partial charge on any atom is -0.464 e. The Kier molecular flexibility index (Phi) is 1.38. The van der Waals surface area contributed by atoms with Gasteiger partial charge < -0.3 is 4.42 Å². The largest absolute Gasteiger partial charge is 0.464 e. The van der Waals surface area contributed by atoms with Crippen LogP contribution in [-0.2, 0) is 0 Å². The molecule has 0 aliphatic rings. The highest BCUT2D eigenvalue weighted by Crippen LogP contribution is 2.20. The zero-order chi connectivity index (χ0) is 8.55. The van der Waals surface area contributed by atoms with Crippen molar-refractivity contribution in [2.24, 2.45) is 0 Å². The summed E-state index contributed by atoms with van der Waals surface area (Å²) >= 11 is 0. The van der Waals surface area contributed by atoms with Crippen LogP contribution in [0.3, 0.4) is 0 Å². The maximum Gasteiger partial charge on any atom is 0.135 e. The Labute approximate surface area is 70.0 Å². The van der Waals surface area contributed by atoms with Crippen molar-refractivity contribution >= 4 is 11.0 Å². The molecule has 0 spiro atoms. The Morgan fingerprint density at radius 3 is 3.00 bits per heavy atom. The summed E-state index contributed by atoms with van der Waals surface area (Å²) in [4.78, 5) is 0. The van der Waals surface area contributed by atoms with Crippen LogP contribution in [0.2, 0.25) is 0 Å². The molecule has 2 heteroatoms. The zero-order valence-corrected chi connectivity index (χ0v) is 6.66. The van der Waals surface area contributed by atoms with Gasteiger partial charge in [0.1, 0.15) is 5.58 Å². The fourth-order valence-electron chi connectivity index (χ4n) is 1.23. The third-order valence-electron chi connectivity index (χ3n) is 1.90. The van der Waals surface area contributed by atoms with Gasteiger partial charge in [0.05, 0.1) is 17.9 Å². The van der Waals surface area contributed by atoms with E-state index in [1.54, 1.807) is 18.4 Å². The molecule has 0 N–H and O–H groups in total. The summed E-state index contributed by atoms with van der Waals surface area (Å²) < 4.78 is 5.24. The smallest absolute Gasteiger partial charge is 0.135 e. The van der Waals surface area contributed by atoms with Crippen LogP contribution in [0.15, 0.2) is 28.9 Å². The summed E-state index contributed by atoms with van der Waals surface area (Å²) in [5, 5.41) is 9.69. The van der Waals surface area contributed by atoms with Crippen molar-refractivity contribution in [2.45, 2.75) is 6.92 Å². The molecule has 0 unspecified atom stereocenters. The molecule has 0 fully saturated rings. The quantitative estimate of drug-likeness (QED) is 0.589. The number of benzene rings is 1. The standard InChI is InChI=1S/C10H7NO/c1-7-6-12-10-4-8(5-11)2-3-9(7)10/h2-4,6H,1H3. The van der Waals surface area contributed by atoms with Gasteiger partial charge in [-0.15, -0.1) is 0 Å². The maximum absolute atomic E-state index is 8.61. The van der Waals surface area contributed by atoms with E-state index in [1.807, 2.05) is 13.0 Å². The van der Waals surface area contributed by atoms with Crippen LogP contribution in [0.4, 0.5) is 0 Å². The van der Waals surface area contributed by atoms with Gasteiger partial charge in [0.2, 0.25) is 0 Å². The monoisotopic (exact) mass is 157 g/mol. The summed E-state index contributed by atoms with van der Waals surface area (Å²) in [7, 11) is 0. The van der Waals surface area contributed by atoms with Crippen molar-refractivity contribution in [3.63, 3.8) is 0 Å². The van der Waals surface area contributed by atoms with Crippen LogP contribution in [0.25, 0.3) is 11.0 Å². The van der Waals surface area contributed by atoms with Gasteiger partial charge in [0.25, 0.3) is 0 Å². The van der Waals surface area contributed by atoms with Gasteiger partial charge in [-0.1, -0.05) is 0 Å². The van der Waals surface area contributed by atoms with Gasteiger partial charge in [-0.2, -0.15) is 5.26 Å². The van der Waals surface area contributed by atoms with E-state index in [2.05, 4.69) is 6.07 Å². The first-order valence-electron chi connectivity index (χ1n) is 3.69. The van der Waals surface area contributed by atoms with E-state index in [-0.39, 0.29) is 0 Å². The van der Waals surface area contributed by atoms with Crippen LogP contribution >= 0.6 is 0 Å². The number of fused-ring (bicyclic) bond motifs is 1. The normalized spacial score (nSPS) is 10.0. The molecule has 2 rings (SSSR count). The molecule has 0 saturated heterocycles. The fourth-order valence-corrected chi connectivity index (χ4v) is 1.23. The Hall–Kier alpha value is -1.75. The molecule has 0 amide bonds. The highest BCUT2D eigenvalue weighted by atomic mass is 16.3. The number of hydrogen-bond donors (Lipinski definition) is 0. The SMILES string of the molecule is Cc1coc2cc(C#N)ccc12. The molecule has 0 saturated carbocycles. The molecule has 58 valence electrons. The molecule has 2 nitrogen and oxygen atoms in total. The van der Waals surface area contributed by atoms with Crippen molar-refractivity contribution in [3.05, 3.63) is 35.6 Å². The van der Waals surface area contributed by atoms with E-state index in [0.29, 0.717) is 5.56 Å². The average molecular weight is 157 g/mol. The van der Waals surface area contributed by atoms with Gasteiger partial charge in [-0.25, -0.2) is 0 Å². The predicted octanol–water partition coefficient (Wildman–Crippen LogP) is 2.61. The van der Waals surface area contributed by atoms with Crippen molar-refractivity contribution in [1.29, 1.82) is 5.26 Å². The van der Waals surface area contributed by atoms with Gasteiger partial charge >= 0.3 is 0 Å². The minimum absolute atomic E-state index is 0.636. The summed E-state index contributed by atoms with van der Waals surface area (Å²) in [6.45, 7) is 1.98. The molecule has 0 bridgehead atoms. The highest BCUT2D eigenvalue weighted by molar-refractivity contribution is 5.81. The predicted molar refractivity (Wildman–Crippen MR) is 45.7 cm³/mol.